The number of furan rings is 1. The molecule has 0 spiro atoms. The van der Waals surface area contributed by atoms with Crippen molar-refractivity contribution in [3.63, 3.8) is 0 Å². The van der Waals surface area contributed by atoms with Gasteiger partial charge < -0.3 is 14.5 Å². The second kappa shape index (κ2) is 6.15. The van der Waals surface area contributed by atoms with Gasteiger partial charge in [-0.25, -0.2) is 9.97 Å². The predicted octanol–water partition coefficient (Wildman–Crippen LogP) is 3.64. The number of aryl methyl sites for hydroxylation is 2. The number of nitrogens with one attached hydrogen (secondary N) is 1. The fourth-order valence-electron chi connectivity index (χ4n) is 2.45. The SMILES string of the molecule is COCC(Nc1ncnc2ccc(C)cc12)c1ccc(C)o1. The van der Waals surface area contributed by atoms with Gasteiger partial charge in [-0.15, -0.1) is 0 Å². The van der Waals surface area contributed by atoms with E-state index in [9.17, 15) is 0 Å². The van der Waals surface area contributed by atoms with Crippen LogP contribution in [0.5, 0.6) is 0 Å². The smallest absolute Gasteiger partial charge is 0.137 e. The van der Waals surface area contributed by atoms with Crippen LogP contribution in [-0.2, 0) is 4.74 Å². The first-order valence-corrected chi connectivity index (χ1v) is 7.20. The number of aromatic nitrogens is 2. The van der Waals surface area contributed by atoms with Crippen molar-refractivity contribution in [2.45, 2.75) is 19.9 Å². The molecule has 1 aromatic carbocycles. The lowest BCUT2D eigenvalue weighted by atomic mass is 10.1. The first-order chi connectivity index (χ1) is 10.7. The van der Waals surface area contributed by atoms with Crippen molar-refractivity contribution in [1.82, 2.24) is 9.97 Å². The highest BCUT2D eigenvalue weighted by Crippen LogP contribution is 2.26. The topological polar surface area (TPSA) is 60.2 Å². The molecule has 0 saturated heterocycles. The minimum absolute atomic E-state index is 0.0997. The summed E-state index contributed by atoms with van der Waals surface area (Å²) in [5.74, 6) is 2.49. The maximum absolute atomic E-state index is 5.72. The zero-order valence-corrected chi connectivity index (χ0v) is 13.0. The number of anilines is 1. The number of hydrogen-bond acceptors (Lipinski definition) is 5. The molecule has 1 atom stereocenters. The van der Waals surface area contributed by atoms with Crippen molar-refractivity contribution < 1.29 is 9.15 Å². The Bertz CT molecular complexity index is 782. The molecular weight excluding hydrogens is 278 g/mol. The van der Waals surface area contributed by atoms with Crippen LogP contribution in [0.4, 0.5) is 5.82 Å². The van der Waals surface area contributed by atoms with Gasteiger partial charge in [0.2, 0.25) is 0 Å². The van der Waals surface area contributed by atoms with Crippen LogP contribution < -0.4 is 5.32 Å². The van der Waals surface area contributed by atoms with Gasteiger partial charge in [0.15, 0.2) is 0 Å². The van der Waals surface area contributed by atoms with Gasteiger partial charge in [-0.05, 0) is 38.1 Å². The molecule has 0 saturated carbocycles. The van der Waals surface area contributed by atoms with Crippen LogP contribution in [-0.4, -0.2) is 23.7 Å². The van der Waals surface area contributed by atoms with Crippen molar-refractivity contribution in [2.75, 3.05) is 19.0 Å². The average molecular weight is 297 g/mol. The normalized spacial score (nSPS) is 12.5. The van der Waals surface area contributed by atoms with Crippen LogP contribution in [0.3, 0.4) is 0 Å². The molecule has 0 bridgehead atoms. The minimum Gasteiger partial charge on any atom is -0.464 e. The number of nitrogens with zero attached hydrogens (tertiary/aromatic N) is 2. The molecule has 0 fully saturated rings. The van der Waals surface area contributed by atoms with Crippen molar-refractivity contribution in [3.05, 3.63) is 53.7 Å². The fourth-order valence-corrected chi connectivity index (χ4v) is 2.45. The van der Waals surface area contributed by atoms with Gasteiger partial charge in [-0.2, -0.15) is 0 Å². The monoisotopic (exact) mass is 297 g/mol. The molecule has 0 aliphatic rings. The molecule has 114 valence electrons. The summed E-state index contributed by atoms with van der Waals surface area (Å²) in [4.78, 5) is 8.69. The van der Waals surface area contributed by atoms with Crippen molar-refractivity contribution in [1.29, 1.82) is 0 Å². The molecule has 3 rings (SSSR count). The second-order valence-corrected chi connectivity index (χ2v) is 5.34. The van der Waals surface area contributed by atoms with Crippen LogP contribution in [0, 0.1) is 13.8 Å². The number of methoxy groups -OCH3 is 1. The molecule has 1 N–H and O–H groups in total. The Morgan fingerprint density at radius 2 is 2.05 bits per heavy atom. The van der Waals surface area contributed by atoms with Gasteiger partial charge in [0.05, 0.1) is 12.1 Å². The maximum atomic E-state index is 5.72. The molecule has 3 aromatic rings. The van der Waals surface area contributed by atoms with E-state index in [0.29, 0.717) is 6.61 Å². The molecule has 0 aliphatic carbocycles. The van der Waals surface area contributed by atoms with Crippen LogP contribution in [0.15, 0.2) is 41.1 Å². The van der Waals surface area contributed by atoms with Gasteiger partial charge in [0.25, 0.3) is 0 Å². The number of hydrogen-bond donors (Lipinski definition) is 1. The third kappa shape index (κ3) is 2.94. The molecule has 2 heterocycles. The lowest BCUT2D eigenvalue weighted by Gasteiger charge is -2.17. The largest absolute Gasteiger partial charge is 0.464 e. The quantitative estimate of drug-likeness (QED) is 0.779. The summed E-state index contributed by atoms with van der Waals surface area (Å²) in [6, 6.07) is 9.93. The second-order valence-electron chi connectivity index (χ2n) is 5.34. The average Bonchev–Trinajstić information content (AvgIpc) is 2.94. The Hall–Kier alpha value is -2.40. The van der Waals surface area contributed by atoms with E-state index in [1.165, 1.54) is 5.56 Å². The van der Waals surface area contributed by atoms with Gasteiger partial charge in [0.1, 0.15) is 29.7 Å². The highest BCUT2D eigenvalue weighted by molar-refractivity contribution is 5.89. The van der Waals surface area contributed by atoms with Crippen molar-refractivity contribution in [3.8, 4) is 0 Å². The highest BCUT2D eigenvalue weighted by atomic mass is 16.5. The lowest BCUT2D eigenvalue weighted by molar-refractivity contribution is 0.178. The van der Waals surface area contributed by atoms with Gasteiger partial charge in [0, 0.05) is 12.5 Å². The minimum atomic E-state index is -0.0997. The lowest BCUT2D eigenvalue weighted by Crippen LogP contribution is -2.16. The Morgan fingerprint density at radius 3 is 2.77 bits per heavy atom. The van der Waals surface area contributed by atoms with E-state index in [2.05, 4.69) is 28.3 Å². The number of rotatable bonds is 5. The summed E-state index contributed by atoms with van der Waals surface area (Å²) in [7, 11) is 1.67. The Kier molecular flexibility index (Phi) is 4.06. The molecule has 2 aromatic heterocycles. The van der Waals surface area contributed by atoms with Crippen LogP contribution in [0.2, 0.25) is 0 Å². The Labute approximate surface area is 129 Å². The standard InChI is InChI=1S/C17H19N3O2/c1-11-4-6-14-13(8-11)17(19-10-18-14)20-15(9-21-3)16-7-5-12(2)22-16/h4-8,10,15H,9H2,1-3H3,(H,18,19,20). The van der Waals surface area contributed by atoms with Gasteiger partial charge >= 0.3 is 0 Å². The highest BCUT2D eigenvalue weighted by Gasteiger charge is 2.17. The molecular formula is C17H19N3O2. The number of ether oxygens (including phenoxy) is 1. The van der Waals surface area contributed by atoms with Crippen molar-refractivity contribution >= 4 is 16.7 Å². The van der Waals surface area contributed by atoms with Gasteiger partial charge in [-0.1, -0.05) is 11.6 Å². The van der Waals surface area contributed by atoms with Gasteiger partial charge in [-0.3, -0.25) is 0 Å². The Morgan fingerprint density at radius 1 is 1.18 bits per heavy atom. The fraction of sp³-hybridized carbons (Fsp3) is 0.294. The van der Waals surface area contributed by atoms with Crippen LogP contribution in [0.25, 0.3) is 10.9 Å². The first-order valence-electron chi connectivity index (χ1n) is 7.20. The van der Waals surface area contributed by atoms with Crippen LogP contribution in [0.1, 0.15) is 23.1 Å². The zero-order chi connectivity index (χ0) is 15.5. The van der Waals surface area contributed by atoms with Crippen molar-refractivity contribution in [2.24, 2.45) is 0 Å². The van der Waals surface area contributed by atoms with Crippen LogP contribution >= 0.6 is 0 Å². The summed E-state index contributed by atoms with van der Waals surface area (Å²) >= 11 is 0. The van der Waals surface area contributed by atoms with E-state index in [1.807, 2.05) is 31.2 Å². The van der Waals surface area contributed by atoms with E-state index in [1.54, 1.807) is 13.4 Å². The summed E-state index contributed by atoms with van der Waals surface area (Å²) in [5.41, 5.74) is 2.08. The molecule has 0 aliphatic heterocycles. The Balaban J connectivity index is 1.97. The molecule has 5 nitrogen and oxygen atoms in total. The molecule has 5 heteroatoms. The summed E-state index contributed by atoms with van der Waals surface area (Å²) in [5, 5.41) is 4.40. The van der Waals surface area contributed by atoms with E-state index < -0.39 is 0 Å². The molecule has 22 heavy (non-hydrogen) atoms. The summed E-state index contributed by atoms with van der Waals surface area (Å²) in [6.45, 7) is 4.47. The summed E-state index contributed by atoms with van der Waals surface area (Å²) < 4.78 is 11.0. The van der Waals surface area contributed by atoms with E-state index >= 15 is 0 Å². The van der Waals surface area contributed by atoms with E-state index in [-0.39, 0.29) is 6.04 Å². The molecule has 0 amide bonds. The molecule has 0 radical (unpaired) electrons. The zero-order valence-electron chi connectivity index (χ0n) is 13.0. The summed E-state index contributed by atoms with van der Waals surface area (Å²) in [6.07, 6.45) is 1.57. The first kappa shape index (κ1) is 14.5. The third-order valence-corrected chi connectivity index (χ3v) is 3.54. The maximum Gasteiger partial charge on any atom is 0.137 e. The third-order valence-electron chi connectivity index (χ3n) is 3.54. The number of fused-ring (bicyclic) bond motifs is 1. The van der Waals surface area contributed by atoms with E-state index in [4.69, 9.17) is 9.15 Å². The molecule has 1 unspecified atom stereocenters. The number of benzene rings is 1. The van der Waals surface area contributed by atoms with E-state index in [0.717, 1.165) is 28.2 Å². The predicted molar refractivity (Wildman–Crippen MR) is 86.0 cm³/mol.